The summed E-state index contributed by atoms with van der Waals surface area (Å²) in [5.41, 5.74) is -0.355. The van der Waals surface area contributed by atoms with Crippen molar-refractivity contribution in [2.45, 2.75) is 85.2 Å². The summed E-state index contributed by atoms with van der Waals surface area (Å²) < 4.78 is 5.36. The van der Waals surface area contributed by atoms with Crippen LogP contribution in [0.2, 0.25) is 0 Å². The van der Waals surface area contributed by atoms with Crippen molar-refractivity contribution in [3.63, 3.8) is 0 Å². The molecule has 102 valence electrons. The first kappa shape index (κ1) is 16.5. The first-order valence-electron chi connectivity index (χ1n) is 7.09. The highest BCUT2D eigenvalue weighted by atomic mass is 16.6. The number of rotatable bonds is 8. The van der Waals surface area contributed by atoms with Gasteiger partial charge >= 0.3 is 5.97 Å². The summed E-state index contributed by atoms with van der Waals surface area (Å²) in [6, 6.07) is 0. The first-order valence-corrected chi connectivity index (χ1v) is 7.09. The van der Waals surface area contributed by atoms with Gasteiger partial charge in [-0.15, -0.1) is 0 Å². The van der Waals surface area contributed by atoms with E-state index in [1.54, 1.807) is 0 Å². The van der Waals surface area contributed by atoms with Crippen LogP contribution < -0.4 is 0 Å². The molecule has 0 aromatic rings. The molecule has 0 aliphatic heterocycles. The van der Waals surface area contributed by atoms with Gasteiger partial charge in [0.1, 0.15) is 5.60 Å². The summed E-state index contributed by atoms with van der Waals surface area (Å²) in [7, 11) is 0. The second-order valence-electron chi connectivity index (χ2n) is 5.99. The molecule has 0 radical (unpaired) electrons. The Balaban J connectivity index is 3.58. The lowest BCUT2D eigenvalue weighted by Crippen LogP contribution is -2.27. The van der Waals surface area contributed by atoms with E-state index in [-0.39, 0.29) is 17.5 Å². The SMILES string of the molecule is CCCCCCCCC(C)C(=O)OC(C)(C)C. The summed E-state index contributed by atoms with van der Waals surface area (Å²) in [5, 5.41) is 0. The summed E-state index contributed by atoms with van der Waals surface area (Å²) in [4.78, 5) is 11.7. The molecular formula is C15H30O2. The summed E-state index contributed by atoms with van der Waals surface area (Å²) in [5.74, 6) is -0.00791. The predicted octanol–water partition coefficient (Wildman–Crippen LogP) is 4.71. The van der Waals surface area contributed by atoms with Gasteiger partial charge in [0.2, 0.25) is 0 Å². The standard InChI is InChI=1S/C15H30O2/c1-6-7-8-9-10-11-12-13(2)14(16)17-15(3,4)5/h13H,6-12H2,1-5H3. The molecule has 0 N–H and O–H groups in total. The van der Waals surface area contributed by atoms with E-state index in [2.05, 4.69) is 6.92 Å². The maximum Gasteiger partial charge on any atom is 0.309 e. The van der Waals surface area contributed by atoms with E-state index in [1.807, 2.05) is 27.7 Å². The number of ether oxygens (including phenoxy) is 1. The van der Waals surface area contributed by atoms with Crippen LogP contribution in [-0.2, 0) is 9.53 Å². The Morgan fingerprint density at radius 1 is 1.06 bits per heavy atom. The van der Waals surface area contributed by atoms with Gasteiger partial charge in [-0.05, 0) is 27.2 Å². The molecule has 0 heterocycles. The highest BCUT2D eigenvalue weighted by molar-refractivity contribution is 5.72. The van der Waals surface area contributed by atoms with Crippen molar-refractivity contribution in [2.75, 3.05) is 0 Å². The Hall–Kier alpha value is -0.530. The Morgan fingerprint density at radius 3 is 2.12 bits per heavy atom. The molecule has 0 bridgehead atoms. The van der Waals surface area contributed by atoms with E-state index in [1.165, 1.54) is 32.1 Å². The minimum absolute atomic E-state index is 0.0420. The van der Waals surface area contributed by atoms with E-state index in [0.717, 1.165) is 12.8 Å². The van der Waals surface area contributed by atoms with Crippen LogP contribution in [0.3, 0.4) is 0 Å². The van der Waals surface area contributed by atoms with Crippen molar-refractivity contribution in [1.82, 2.24) is 0 Å². The molecule has 0 amide bonds. The van der Waals surface area contributed by atoms with Gasteiger partial charge in [0.15, 0.2) is 0 Å². The maximum absolute atomic E-state index is 11.7. The number of hydrogen-bond donors (Lipinski definition) is 0. The summed E-state index contributed by atoms with van der Waals surface area (Å²) >= 11 is 0. The number of unbranched alkanes of at least 4 members (excludes halogenated alkanes) is 5. The summed E-state index contributed by atoms with van der Waals surface area (Å²) in [6.45, 7) is 9.96. The molecule has 0 spiro atoms. The van der Waals surface area contributed by atoms with Gasteiger partial charge in [-0.25, -0.2) is 0 Å². The van der Waals surface area contributed by atoms with Crippen molar-refractivity contribution in [3.8, 4) is 0 Å². The van der Waals surface area contributed by atoms with Crippen LogP contribution in [0.15, 0.2) is 0 Å². The molecule has 2 heteroatoms. The van der Waals surface area contributed by atoms with Crippen molar-refractivity contribution < 1.29 is 9.53 Å². The van der Waals surface area contributed by atoms with Crippen LogP contribution in [0, 0.1) is 5.92 Å². The molecule has 1 unspecified atom stereocenters. The molecule has 2 nitrogen and oxygen atoms in total. The molecule has 1 atom stereocenters. The molecule has 0 saturated carbocycles. The lowest BCUT2D eigenvalue weighted by Gasteiger charge is -2.22. The summed E-state index contributed by atoms with van der Waals surface area (Å²) in [6.07, 6.45) is 8.60. The Kier molecular flexibility index (Phi) is 8.28. The Bertz CT molecular complexity index is 203. The highest BCUT2D eigenvalue weighted by Crippen LogP contribution is 2.16. The fourth-order valence-electron chi connectivity index (χ4n) is 1.75. The van der Waals surface area contributed by atoms with Crippen LogP contribution in [0.1, 0.15) is 79.6 Å². The van der Waals surface area contributed by atoms with Gasteiger partial charge in [-0.1, -0.05) is 52.4 Å². The number of hydrogen-bond acceptors (Lipinski definition) is 2. The van der Waals surface area contributed by atoms with Crippen LogP contribution in [0.4, 0.5) is 0 Å². The van der Waals surface area contributed by atoms with Crippen molar-refractivity contribution in [2.24, 2.45) is 5.92 Å². The van der Waals surface area contributed by atoms with Crippen molar-refractivity contribution in [1.29, 1.82) is 0 Å². The van der Waals surface area contributed by atoms with E-state index >= 15 is 0 Å². The molecule has 0 fully saturated rings. The number of esters is 1. The van der Waals surface area contributed by atoms with Gasteiger partial charge < -0.3 is 4.74 Å². The zero-order valence-corrected chi connectivity index (χ0v) is 12.3. The zero-order chi connectivity index (χ0) is 13.3. The minimum Gasteiger partial charge on any atom is -0.460 e. The van der Waals surface area contributed by atoms with Crippen LogP contribution in [0.25, 0.3) is 0 Å². The Morgan fingerprint density at radius 2 is 1.59 bits per heavy atom. The quantitative estimate of drug-likeness (QED) is 0.455. The average molecular weight is 242 g/mol. The molecule has 0 saturated heterocycles. The minimum atomic E-state index is -0.355. The second-order valence-corrected chi connectivity index (χ2v) is 5.99. The molecular weight excluding hydrogens is 212 g/mol. The third kappa shape index (κ3) is 10.3. The van der Waals surface area contributed by atoms with Gasteiger partial charge in [0.25, 0.3) is 0 Å². The normalized spacial score (nSPS) is 13.5. The Labute approximate surface area is 107 Å². The fourth-order valence-corrected chi connectivity index (χ4v) is 1.75. The number of carbonyl (C=O) groups is 1. The largest absolute Gasteiger partial charge is 0.460 e. The van der Waals surface area contributed by atoms with E-state index in [4.69, 9.17) is 4.74 Å². The van der Waals surface area contributed by atoms with E-state index in [9.17, 15) is 4.79 Å². The molecule has 0 aromatic carbocycles. The van der Waals surface area contributed by atoms with E-state index in [0.29, 0.717) is 0 Å². The van der Waals surface area contributed by atoms with Gasteiger partial charge in [0, 0.05) is 0 Å². The van der Waals surface area contributed by atoms with Gasteiger partial charge in [0.05, 0.1) is 5.92 Å². The van der Waals surface area contributed by atoms with Gasteiger partial charge in [-0.2, -0.15) is 0 Å². The molecule has 0 aliphatic carbocycles. The zero-order valence-electron chi connectivity index (χ0n) is 12.3. The van der Waals surface area contributed by atoms with Crippen molar-refractivity contribution in [3.05, 3.63) is 0 Å². The number of carbonyl (C=O) groups excluding carboxylic acids is 1. The monoisotopic (exact) mass is 242 g/mol. The molecule has 0 aliphatic rings. The highest BCUT2D eigenvalue weighted by Gasteiger charge is 2.20. The molecule has 17 heavy (non-hydrogen) atoms. The van der Waals surface area contributed by atoms with Crippen molar-refractivity contribution >= 4 is 5.97 Å². The predicted molar refractivity (Wildman–Crippen MR) is 73.0 cm³/mol. The second kappa shape index (κ2) is 8.54. The molecule has 0 rings (SSSR count). The average Bonchev–Trinajstić information content (AvgIpc) is 2.20. The topological polar surface area (TPSA) is 26.3 Å². The smallest absolute Gasteiger partial charge is 0.309 e. The third-order valence-electron chi connectivity index (χ3n) is 2.80. The van der Waals surface area contributed by atoms with Crippen LogP contribution in [-0.4, -0.2) is 11.6 Å². The fraction of sp³-hybridized carbons (Fsp3) is 0.933. The van der Waals surface area contributed by atoms with Gasteiger partial charge in [-0.3, -0.25) is 4.79 Å². The van der Waals surface area contributed by atoms with Crippen LogP contribution in [0.5, 0.6) is 0 Å². The molecule has 0 aromatic heterocycles. The van der Waals surface area contributed by atoms with Crippen LogP contribution >= 0.6 is 0 Å². The maximum atomic E-state index is 11.7. The lowest BCUT2D eigenvalue weighted by atomic mass is 10.0. The third-order valence-corrected chi connectivity index (χ3v) is 2.80. The van der Waals surface area contributed by atoms with E-state index < -0.39 is 0 Å². The first-order chi connectivity index (χ1) is 7.87. The lowest BCUT2D eigenvalue weighted by molar-refractivity contribution is -0.159.